The van der Waals surface area contributed by atoms with Crippen LogP contribution in [0.2, 0.25) is 0 Å². The molecule has 3 rings (SSSR count). The lowest BCUT2D eigenvalue weighted by molar-refractivity contribution is -0.170. The molecule has 0 spiro atoms. The molecule has 0 N–H and O–H groups in total. The number of hydrogen-bond donors (Lipinski definition) is 0. The van der Waals surface area contributed by atoms with Gasteiger partial charge in [-0.1, -0.05) is 23.3 Å². The van der Waals surface area contributed by atoms with Gasteiger partial charge in [0, 0.05) is 0 Å². The van der Waals surface area contributed by atoms with Crippen LogP contribution < -0.4 is 0 Å². The van der Waals surface area contributed by atoms with Crippen molar-refractivity contribution in [2.24, 2.45) is 0 Å². The zero-order chi connectivity index (χ0) is 17.4. The third-order valence-electron chi connectivity index (χ3n) is 3.86. The number of amides is 2. The number of hydrogen-bond acceptors (Lipinski definition) is 4. The number of fused-ring (bicyclic) bond motifs is 1. The van der Waals surface area contributed by atoms with Crippen molar-refractivity contribution in [2.45, 2.75) is 19.8 Å². The molecule has 0 aliphatic carbocycles. The molecule has 1 atom stereocenters. The van der Waals surface area contributed by atoms with Crippen molar-refractivity contribution in [1.29, 1.82) is 0 Å². The molecule has 0 radical (unpaired) electrons. The molecule has 6 heteroatoms. The first-order valence-electron chi connectivity index (χ1n) is 7.35. The predicted molar refractivity (Wildman–Crippen MR) is 82.6 cm³/mol. The zero-order valence-electron chi connectivity index (χ0n) is 13.1. The molecule has 1 unspecified atom stereocenters. The van der Waals surface area contributed by atoms with E-state index in [-0.39, 0.29) is 11.1 Å². The number of hydroxylamine groups is 2. The SMILES string of the molecule is Cc1cc(F)cc(C(C)C(=O)ON2C(=O)c3ccccc3C2=O)c1. The van der Waals surface area contributed by atoms with E-state index in [1.807, 2.05) is 0 Å². The highest BCUT2D eigenvalue weighted by atomic mass is 19.1. The van der Waals surface area contributed by atoms with E-state index in [0.717, 1.165) is 0 Å². The van der Waals surface area contributed by atoms with Crippen LogP contribution >= 0.6 is 0 Å². The third kappa shape index (κ3) is 2.67. The van der Waals surface area contributed by atoms with Crippen LogP contribution in [0, 0.1) is 12.7 Å². The lowest BCUT2D eigenvalue weighted by Gasteiger charge is -2.17. The first-order valence-corrected chi connectivity index (χ1v) is 7.35. The molecule has 2 amide bonds. The average Bonchev–Trinajstić information content (AvgIpc) is 2.78. The van der Waals surface area contributed by atoms with Gasteiger partial charge in [0.25, 0.3) is 11.8 Å². The Morgan fingerprint density at radius 1 is 1.08 bits per heavy atom. The summed E-state index contributed by atoms with van der Waals surface area (Å²) in [6.07, 6.45) is 0. The minimum atomic E-state index is -0.830. The Labute approximate surface area is 137 Å². The molecule has 1 heterocycles. The normalized spacial score (nSPS) is 14.5. The highest BCUT2D eigenvalue weighted by Crippen LogP contribution is 2.25. The number of nitrogens with zero attached hydrogens (tertiary/aromatic N) is 1. The van der Waals surface area contributed by atoms with Crippen LogP contribution in [0.1, 0.15) is 44.7 Å². The number of imide groups is 1. The van der Waals surface area contributed by atoms with Crippen molar-refractivity contribution < 1.29 is 23.6 Å². The Bertz CT molecular complexity index is 807. The van der Waals surface area contributed by atoms with E-state index in [1.54, 1.807) is 25.1 Å². The summed E-state index contributed by atoms with van der Waals surface area (Å²) in [5.41, 5.74) is 1.44. The van der Waals surface area contributed by atoms with Crippen LogP contribution in [0.4, 0.5) is 4.39 Å². The van der Waals surface area contributed by atoms with Gasteiger partial charge in [0.1, 0.15) is 5.82 Å². The largest absolute Gasteiger partial charge is 0.340 e. The third-order valence-corrected chi connectivity index (χ3v) is 3.86. The quantitative estimate of drug-likeness (QED) is 0.813. The van der Waals surface area contributed by atoms with Gasteiger partial charge < -0.3 is 4.84 Å². The van der Waals surface area contributed by atoms with Gasteiger partial charge in [-0.15, -0.1) is 0 Å². The van der Waals surface area contributed by atoms with E-state index < -0.39 is 29.5 Å². The van der Waals surface area contributed by atoms with Crippen molar-refractivity contribution >= 4 is 17.8 Å². The maximum absolute atomic E-state index is 13.5. The maximum Gasteiger partial charge on any atom is 0.340 e. The molecular formula is C18H14FNO4. The lowest BCUT2D eigenvalue weighted by atomic mass is 9.99. The lowest BCUT2D eigenvalue weighted by Crippen LogP contribution is -2.34. The fourth-order valence-electron chi connectivity index (χ4n) is 2.57. The minimum absolute atomic E-state index is 0.185. The second kappa shape index (κ2) is 5.88. The van der Waals surface area contributed by atoms with E-state index in [9.17, 15) is 18.8 Å². The summed E-state index contributed by atoms with van der Waals surface area (Å²) in [6.45, 7) is 3.23. The number of halogens is 1. The summed E-state index contributed by atoms with van der Waals surface area (Å²) in [5.74, 6) is -3.48. The van der Waals surface area contributed by atoms with Gasteiger partial charge in [-0.3, -0.25) is 9.59 Å². The topological polar surface area (TPSA) is 63.7 Å². The van der Waals surface area contributed by atoms with Crippen LogP contribution in [-0.4, -0.2) is 22.8 Å². The minimum Gasteiger partial charge on any atom is -0.329 e. The van der Waals surface area contributed by atoms with Gasteiger partial charge in [-0.25, -0.2) is 9.18 Å². The van der Waals surface area contributed by atoms with Crippen molar-refractivity contribution in [3.63, 3.8) is 0 Å². The summed E-state index contributed by atoms with van der Waals surface area (Å²) >= 11 is 0. The summed E-state index contributed by atoms with van der Waals surface area (Å²) in [7, 11) is 0. The molecule has 1 aliphatic heterocycles. The number of benzene rings is 2. The molecule has 2 aromatic rings. The van der Waals surface area contributed by atoms with Gasteiger partial charge >= 0.3 is 5.97 Å². The maximum atomic E-state index is 13.5. The Kier molecular flexibility index (Phi) is 3.89. The van der Waals surface area contributed by atoms with E-state index >= 15 is 0 Å². The molecule has 2 aromatic carbocycles. The number of aryl methyl sites for hydroxylation is 1. The standard InChI is InChI=1S/C18H14FNO4/c1-10-7-12(9-13(19)8-10)11(2)18(23)24-20-16(21)14-5-3-4-6-15(14)17(20)22/h3-9,11H,1-2H3. The Morgan fingerprint density at radius 3 is 2.21 bits per heavy atom. The van der Waals surface area contributed by atoms with Crippen LogP contribution in [0.5, 0.6) is 0 Å². The molecule has 24 heavy (non-hydrogen) atoms. The Morgan fingerprint density at radius 2 is 1.67 bits per heavy atom. The molecule has 0 saturated carbocycles. The number of carbonyl (C=O) groups is 3. The van der Waals surface area contributed by atoms with Crippen LogP contribution in [0.25, 0.3) is 0 Å². The molecule has 5 nitrogen and oxygen atoms in total. The van der Waals surface area contributed by atoms with Gasteiger partial charge in [-0.2, -0.15) is 0 Å². The van der Waals surface area contributed by atoms with Crippen LogP contribution in [0.3, 0.4) is 0 Å². The Balaban J connectivity index is 1.80. The van der Waals surface area contributed by atoms with Gasteiger partial charge in [0.2, 0.25) is 0 Å². The van der Waals surface area contributed by atoms with Crippen LogP contribution in [-0.2, 0) is 9.63 Å². The van der Waals surface area contributed by atoms with E-state index in [4.69, 9.17) is 4.84 Å². The highest BCUT2D eigenvalue weighted by molar-refractivity contribution is 6.20. The number of carbonyl (C=O) groups excluding carboxylic acids is 3. The zero-order valence-corrected chi connectivity index (χ0v) is 13.1. The smallest absolute Gasteiger partial charge is 0.329 e. The summed E-state index contributed by atoms with van der Waals surface area (Å²) < 4.78 is 13.5. The predicted octanol–water partition coefficient (Wildman–Crippen LogP) is 2.99. The van der Waals surface area contributed by atoms with Crippen LogP contribution in [0.15, 0.2) is 42.5 Å². The van der Waals surface area contributed by atoms with Gasteiger partial charge in [-0.05, 0) is 49.2 Å². The fraction of sp³-hybridized carbons (Fsp3) is 0.167. The van der Waals surface area contributed by atoms with Crippen molar-refractivity contribution in [1.82, 2.24) is 5.06 Å². The van der Waals surface area contributed by atoms with Crippen molar-refractivity contribution in [3.05, 3.63) is 70.5 Å². The molecule has 0 saturated heterocycles. The second-order valence-corrected chi connectivity index (χ2v) is 5.64. The van der Waals surface area contributed by atoms with Crippen molar-refractivity contribution in [3.8, 4) is 0 Å². The fourth-order valence-corrected chi connectivity index (χ4v) is 2.57. The summed E-state index contributed by atoms with van der Waals surface area (Å²) in [6, 6.07) is 10.4. The first-order chi connectivity index (χ1) is 11.4. The Hall–Kier alpha value is -3.02. The molecule has 1 aliphatic rings. The van der Waals surface area contributed by atoms with Gasteiger partial charge in [0.05, 0.1) is 17.0 Å². The summed E-state index contributed by atoms with van der Waals surface area (Å²) in [5, 5.41) is 0.454. The second-order valence-electron chi connectivity index (χ2n) is 5.64. The van der Waals surface area contributed by atoms with Gasteiger partial charge in [0.15, 0.2) is 0 Å². The summed E-state index contributed by atoms with van der Waals surface area (Å²) in [4.78, 5) is 41.6. The average molecular weight is 327 g/mol. The van der Waals surface area contributed by atoms with E-state index in [1.165, 1.54) is 31.2 Å². The molecular weight excluding hydrogens is 313 g/mol. The first kappa shape index (κ1) is 15.9. The van der Waals surface area contributed by atoms with E-state index in [0.29, 0.717) is 16.2 Å². The van der Waals surface area contributed by atoms with E-state index in [2.05, 4.69) is 0 Å². The molecule has 0 aromatic heterocycles. The highest BCUT2D eigenvalue weighted by Gasteiger charge is 2.39. The molecule has 0 fully saturated rings. The number of rotatable bonds is 3. The molecule has 122 valence electrons. The monoisotopic (exact) mass is 327 g/mol. The molecule has 0 bridgehead atoms. The van der Waals surface area contributed by atoms with Crippen molar-refractivity contribution in [2.75, 3.05) is 0 Å².